The molecule has 7 heavy (non-hydrogen) atoms. The second kappa shape index (κ2) is 64.1. The third-order valence-corrected chi connectivity index (χ3v) is 0. The molecule has 0 bridgehead atoms. The summed E-state index contributed by atoms with van der Waals surface area (Å²) in [6, 6.07) is 0. The Labute approximate surface area is 66.0 Å². The Balaban J connectivity index is -0.0000000360. The normalized spacial score (nSPS) is 2.57. The van der Waals surface area contributed by atoms with Crippen molar-refractivity contribution >= 4 is 16.2 Å². The van der Waals surface area contributed by atoms with Crippen molar-refractivity contribution in [3.8, 4) is 0 Å². The van der Waals surface area contributed by atoms with E-state index in [-0.39, 0.29) is 0 Å². The molecule has 0 saturated carbocycles. The molecule has 0 unspecified atom stereocenters. The first kappa shape index (κ1) is 15.7. The van der Waals surface area contributed by atoms with Crippen LogP contribution in [0.25, 0.3) is 0 Å². The number of hydrogen-bond acceptors (Lipinski definition) is 4. The van der Waals surface area contributed by atoms with Gasteiger partial charge in [0, 0.05) is 0 Å². The maximum absolute atomic E-state index is 8.41. The minimum absolute atomic E-state index is 0.611. The summed E-state index contributed by atoms with van der Waals surface area (Å²) in [5.74, 6) is 0. The van der Waals surface area contributed by atoms with Gasteiger partial charge in [-0.2, -0.15) is 0 Å². The monoisotopic (exact) mass is 195 g/mol. The molecule has 0 fully saturated rings. The zero-order valence-electron chi connectivity index (χ0n) is 3.22. The van der Waals surface area contributed by atoms with E-state index in [2.05, 4.69) is 0 Å². The predicted molar refractivity (Wildman–Crippen MR) is 9.89 cm³/mol. The Morgan fingerprint density at radius 1 is 1.14 bits per heavy atom. The minimum atomic E-state index is -1.44. The van der Waals surface area contributed by atoms with Gasteiger partial charge in [0.15, 0.2) is 0 Å². The van der Waals surface area contributed by atoms with Crippen LogP contribution in [-0.2, 0) is 50.0 Å². The maximum atomic E-state index is 8.41. The fourth-order valence-corrected chi connectivity index (χ4v) is 0. The van der Waals surface area contributed by atoms with Crippen molar-refractivity contribution in [2.45, 2.75) is 0 Å². The fraction of sp³-hybridized carbons (Fsp3) is 0. The summed E-state index contributed by atoms with van der Waals surface area (Å²) in [4.78, 5) is 0. The summed E-state index contributed by atoms with van der Waals surface area (Å²) in [6.45, 7) is 0. The Hall–Kier alpha value is 0.966. The first-order valence-electron chi connectivity index (χ1n) is 0.801. The summed E-state index contributed by atoms with van der Waals surface area (Å²) in [5, 5.41) is 0. The van der Waals surface area contributed by atoms with E-state index in [4.69, 9.17) is 14.8 Å². The summed E-state index contributed by atoms with van der Waals surface area (Å²) in [7, 11) is 0. The van der Waals surface area contributed by atoms with Gasteiger partial charge in [0.1, 0.15) is 0 Å². The summed E-state index contributed by atoms with van der Waals surface area (Å²) in [6.07, 6.45) is 0. The average Bonchev–Trinajstić information content (AvgIpc) is 1.78. The van der Waals surface area contributed by atoms with Crippen molar-refractivity contribution in [1.29, 1.82) is 0 Å². The molecule has 4 nitrogen and oxygen atoms in total. The Morgan fingerprint density at radius 3 is 1.14 bits per heavy atom. The van der Waals surface area contributed by atoms with Crippen LogP contribution in [0.4, 0.5) is 0 Å². The molecule has 0 atom stereocenters. The predicted octanol–water partition coefficient (Wildman–Crippen LogP) is -1.13. The third kappa shape index (κ3) is 184. The van der Waals surface area contributed by atoms with Crippen LogP contribution in [0.2, 0.25) is 0 Å². The second-order valence-electron chi connectivity index (χ2n) is 0.0630. The van der Waals surface area contributed by atoms with Crippen molar-refractivity contribution in [1.82, 2.24) is 0 Å². The first-order valence-corrected chi connectivity index (χ1v) is 2.98. The van der Waals surface area contributed by atoms with Gasteiger partial charge in [-0.05, 0) is 0 Å². The Bertz CT molecular complexity index is 47.7. The van der Waals surface area contributed by atoms with Gasteiger partial charge >= 0.3 is 66.2 Å². The van der Waals surface area contributed by atoms with E-state index in [0.717, 1.165) is 20.4 Å². The third-order valence-electron chi connectivity index (χ3n) is 0. The van der Waals surface area contributed by atoms with Crippen LogP contribution >= 0.6 is 0 Å². The van der Waals surface area contributed by atoms with E-state index in [1.807, 2.05) is 0 Å². The van der Waals surface area contributed by atoms with E-state index in [1.165, 1.54) is 0 Å². The van der Waals surface area contributed by atoms with Crippen LogP contribution in [0.1, 0.15) is 0 Å². The average molecular weight is 195 g/mol. The standard InChI is InChI=1S/Al.Mn.4O.Ti.H. The van der Waals surface area contributed by atoms with Crippen LogP contribution in [-0.4, -0.2) is 16.2 Å². The zero-order chi connectivity index (χ0) is 6.71. The fourth-order valence-electron chi connectivity index (χ4n) is 0. The molecule has 0 radical (unpaired) electrons. The van der Waals surface area contributed by atoms with Gasteiger partial charge in [-0.25, -0.2) is 0 Å². The molecule has 39 valence electrons. The van der Waals surface area contributed by atoms with Crippen LogP contribution in [0.15, 0.2) is 0 Å². The van der Waals surface area contributed by atoms with E-state index in [1.54, 1.807) is 0 Å². The summed E-state index contributed by atoms with van der Waals surface area (Å²) >= 11 is -0.0764. The molecular formula is HAlMnO4Ti. The van der Waals surface area contributed by atoms with Gasteiger partial charge in [-0.15, -0.1) is 0 Å². The van der Waals surface area contributed by atoms with Crippen LogP contribution in [0.5, 0.6) is 0 Å². The Morgan fingerprint density at radius 2 is 1.14 bits per heavy atom. The van der Waals surface area contributed by atoms with Crippen molar-refractivity contribution in [2.24, 2.45) is 0 Å². The number of rotatable bonds is 0. The molecule has 0 aliphatic heterocycles. The van der Waals surface area contributed by atoms with E-state index in [0.29, 0.717) is 16.2 Å². The molecule has 0 aliphatic carbocycles. The number of hydrogen-bond donors (Lipinski definition) is 0. The first-order chi connectivity index (χ1) is 3.41. The Kier molecular flexibility index (Phi) is 144. The quantitative estimate of drug-likeness (QED) is 0.458. The van der Waals surface area contributed by atoms with Gasteiger partial charge in [0.2, 0.25) is 0 Å². The molecule has 0 spiro atoms. The van der Waals surface area contributed by atoms with Crippen molar-refractivity contribution in [2.75, 3.05) is 0 Å². The van der Waals surface area contributed by atoms with E-state index < -0.39 is 14.8 Å². The SMILES string of the molecule is [O]=[AlH].[O]=[Mn]=[O].[O]=[Ti]. The van der Waals surface area contributed by atoms with Gasteiger partial charge < -0.3 is 0 Å². The molecular weight excluding hydrogens is 194 g/mol. The zero-order valence-corrected chi connectivity index (χ0v) is 7.37. The topological polar surface area (TPSA) is 68.3 Å². The molecule has 0 aromatic heterocycles. The van der Waals surface area contributed by atoms with E-state index >= 15 is 0 Å². The van der Waals surface area contributed by atoms with Gasteiger partial charge in [-0.3, -0.25) is 0 Å². The molecule has 0 aromatic carbocycles. The van der Waals surface area contributed by atoms with Crippen molar-refractivity contribution < 1.29 is 50.0 Å². The summed E-state index contributed by atoms with van der Waals surface area (Å²) < 4.78 is 33.3. The van der Waals surface area contributed by atoms with Gasteiger partial charge in [-0.1, -0.05) is 0 Å². The molecule has 0 rings (SSSR count). The van der Waals surface area contributed by atoms with Crippen LogP contribution in [0, 0.1) is 0 Å². The molecule has 0 heterocycles. The molecule has 0 saturated heterocycles. The van der Waals surface area contributed by atoms with Crippen LogP contribution < -0.4 is 0 Å². The van der Waals surface area contributed by atoms with Gasteiger partial charge in [0.05, 0.1) is 0 Å². The van der Waals surface area contributed by atoms with Crippen molar-refractivity contribution in [3.05, 3.63) is 0 Å². The van der Waals surface area contributed by atoms with Crippen molar-refractivity contribution in [3.63, 3.8) is 0 Å². The van der Waals surface area contributed by atoms with E-state index in [9.17, 15) is 0 Å². The molecule has 7 heteroatoms. The molecule has 0 aliphatic rings. The van der Waals surface area contributed by atoms with Gasteiger partial charge in [0.25, 0.3) is 0 Å². The molecule has 0 aromatic rings. The molecule has 0 N–H and O–H groups in total. The van der Waals surface area contributed by atoms with Crippen LogP contribution in [0.3, 0.4) is 0 Å². The second-order valence-corrected chi connectivity index (χ2v) is 0.260. The summed E-state index contributed by atoms with van der Waals surface area (Å²) in [5.41, 5.74) is 0. The molecule has 0 amide bonds.